The summed E-state index contributed by atoms with van der Waals surface area (Å²) in [5, 5.41) is 4.44. The van der Waals surface area contributed by atoms with Crippen LogP contribution in [0.5, 0.6) is 0 Å². The number of rotatable bonds is 4. The first kappa shape index (κ1) is 14.5. The largest absolute Gasteiger partial charge is 0.275 e. The first-order chi connectivity index (χ1) is 8.88. The summed E-state index contributed by atoms with van der Waals surface area (Å²) >= 11 is 9.03. The van der Waals surface area contributed by atoms with Crippen molar-refractivity contribution in [2.45, 2.75) is 11.4 Å². The molecule has 1 N–H and O–H groups in total. The lowest BCUT2D eigenvalue weighted by molar-refractivity contribution is 0.581. The maximum Gasteiger partial charge on any atom is 0.240 e. The molecule has 0 aliphatic heterocycles. The number of sulfonamides is 1. The van der Waals surface area contributed by atoms with Gasteiger partial charge in [0, 0.05) is 29.8 Å². The van der Waals surface area contributed by atoms with Crippen molar-refractivity contribution < 1.29 is 8.42 Å². The van der Waals surface area contributed by atoms with Crippen LogP contribution in [0.15, 0.2) is 40.0 Å². The molecular formula is C11H11BrClN3O2S. The van der Waals surface area contributed by atoms with E-state index >= 15 is 0 Å². The van der Waals surface area contributed by atoms with Gasteiger partial charge in [-0.05, 0) is 34.1 Å². The van der Waals surface area contributed by atoms with Crippen LogP contribution in [-0.4, -0.2) is 18.2 Å². The fourth-order valence-corrected chi connectivity index (χ4v) is 3.16. The zero-order chi connectivity index (χ0) is 14.0. The van der Waals surface area contributed by atoms with Gasteiger partial charge in [0.15, 0.2) is 0 Å². The van der Waals surface area contributed by atoms with Gasteiger partial charge in [0.05, 0.1) is 16.1 Å². The monoisotopic (exact) mass is 363 g/mol. The van der Waals surface area contributed by atoms with Gasteiger partial charge < -0.3 is 0 Å². The molecule has 8 heteroatoms. The van der Waals surface area contributed by atoms with Gasteiger partial charge in [-0.2, -0.15) is 5.10 Å². The first-order valence-corrected chi connectivity index (χ1v) is 7.96. The Hall–Kier alpha value is -0.890. The molecule has 0 atom stereocenters. The zero-order valence-electron chi connectivity index (χ0n) is 9.97. The highest BCUT2D eigenvalue weighted by atomic mass is 79.9. The number of aromatic nitrogens is 2. The highest BCUT2D eigenvalue weighted by Crippen LogP contribution is 2.25. The average molecular weight is 365 g/mol. The molecule has 0 aliphatic rings. The van der Waals surface area contributed by atoms with E-state index in [9.17, 15) is 8.42 Å². The molecule has 2 rings (SSSR count). The second-order valence-electron chi connectivity index (χ2n) is 3.92. The first-order valence-electron chi connectivity index (χ1n) is 5.31. The Morgan fingerprint density at radius 2 is 2.21 bits per heavy atom. The van der Waals surface area contributed by atoms with Gasteiger partial charge in [0.2, 0.25) is 10.0 Å². The molecule has 1 aromatic heterocycles. The van der Waals surface area contributed by atoms with E-state index in [-0.39, 0.29) is 11.4 Å². The van der Waals surface area contributed by atoms with E-state index in [1.807, 2.05) is 0 Å². The van der Waals surface area contributed by atoms with Crippen LogP contribution in [0.1, 0.15) is 5.56 Å². The summed E-state index contributed by atoms with van der Waals surface area (Å²) in [5.74, 6) is 0. The molecule has 1 heterocycles. The fraction of sp³-hybridized carbons (Fsp3) is 0.182. The Morgan fingerprint density at radius 1 is 1.47 bits per heavy atom. The number of hydrogen-bond acceptors (Lipinski definition) is 3. The van der Waals surface area contributed by atoms with Crippen LogP contribution in [0.4, 0.5) is 0 Å². The number of benzene rings is 1. The molecule has 0 saturated carbocycles. The van der Waals surface area contributed by atoms with Crippen LogP contribution in [-0.2, 0) is 23.6 Å². The summed E-state index contributed by atoms with van der Waals surface area (Å²) in [4.78, 5) is 0.160. The van der Waals surface area contributed by atoms with E-state index in [1.54, 1.807) is 24.1 Å². The molecule has 0 aliphatic carbocycles. The van der Waals surface area contributed by atoms with Crippen molar-refractivity contribution in [2.75, 3.05) is 0 Å². The smallest absolute Gasteiger partial charge is 0.240 e. The lowest BCUT2D eigenvalue weighted by Crippen LogP contribution is -2.23. The van der Waals surface area contributed by atoms with E-state index < -0.39 is 10.0 Å². The highest BCUT2D eigenvalue weighted by Gasteiger charge is 2.15. The van der Waals surface area contributed by atoms with Crippen molar-refractivity contribution in [1.82, 2.24) is 14.5 Å². The predicted molar refractivity (Wildman–Crippen MR) is 76.4 cm³/mol. The minimum atomic E-state index is -3.56. The van der Waals surface area contributed by atoms with E-state index in [4.69, 9.17) is 11.6 Å². The minimum absolute atomic E-state index is 0.160. The van der Waals surface area contributed by atoms with Crippen LogP contribution in [0, 0.1) is 0 Å². The second-order valence-corrected chi connectivity index (χ2v) is 6.95. The minimum Gasteiger partial charge on any atom is -0.275 e. The molecule has 0 amide bonds. The number of nitrogens with zero attached hydrogens (tertiary/aromatic N) is 2. The quantitative estimate of drug-likeness (QED) is 0.905. The zero-order valence-corrected chi connectivity index (χ0v) is 13.1. The Labute approximate surface area is 124 Å². The summed E-state index contributed by atoms with van der Waals surface area (Å²) in [6.07, 6.45) is 3.36. The molecule has 0 spiro atoms. The van der Waals surface area contributed by atoms with Crippen molar-refractivity contribution >= 4 is 37.6 Å². The predicted octanol–water partition coefficient (Wildman–Crippen LogP) is 2.31. The summed E-state index contributed by atoms with van der Waals surface area (Å²) in [6.45, 7) is 0.191. The molecule has 1 aromatic carbocycles. The van der Waals surface area contributed by atoms with Crippen molar-refractivity contribution in [2.24, 2.45) is 7.05 Å². The third kappa shape index (κ3) is 3.56. The van der Waals surface area contributed by atoms with Crippen LogP contribution in [0.25, 0.3) is 0 Å². The SMILES string of the molecule is Cn1cc(CNS(=O)(=O)c2ccc(Cl)c(Br)c2)cn1. The van der Waals surface area contributed by atoms with Gasteiger partial charge in [-0.3, -0.25) is 4.68 Å². The molecule has 0 fully saturated rings. The number of hydrogen-bond donors (Lipinski definition) is 1. The highest BCUT2D eigenvalue weighted by molar-refractivity contribution is 9.10. The summed E-state index contributed by atoms with van der Waals surface area (Å²) in [6, 6.07) is 4.46. The third-order valence-electron chi connectivity index (χ3n) is 2.43. The summed E-state index contributed by atoms with van der Waals surface area (Å²) < 4.78 is 28.8. The van der Waals surface area contributed by atoms with E-state index in [2.05, 4.69) is 25.8 Å². The van der Waals surface area contributed by atoms with Crippen molar-refractivity contribution in [3.8, 4) is 0 Å². The van der Waals surface area contributed by atoms with Crippen LogP contribution >= 0.6 is 27.5 Å². The van der Waals surface area contributed by atoms with Crippen LogP contribution in [0.2, 0.25) is 5.02 Å². The number of halogens is 2. The van der Waals surface area contributed by atoms with Crippen molar-refractivity contribution in [3.05, 3.63) is 45.7 Å². The van der Waals surface area contributed by atoms with Crippen LogP contribution in [0.3, 0.4) is 0 Å². The van der Waals surface area contributed by atoms with Gasteiger partial charge in [-0.1, -0.05) is 11.6 Å². The Morgan fingerprint density at radius 3 is 2.79 bits per heavy atom. The molecule has 5 nitrogen and oxygen atoms in total. The van der Waals surface area contributed by atoms with Gasteiger partial charge >= 0.3 is 0 Å². The Balaban J connectivity index is 2.16. The van der Waals surface area contributed by atoms with Gasteiger partial charge in [-0.15, -0.1) is 0 Å². The standard InChI is InChI=1S/C11H11BrClN3O2S/c1-16-7-8(5-14-16)6-15-19(17,18)9-2-3-11(13)10(12)4-9/h2-5,7,15H,6H2,1H3. The Kier molecular flexibility index (Phi) is 4.29. The number of nitrogens with one attached hydrogen (secondary N) is 1. The molecule has 102 valence electrons. The molecule has 19 heavy (non-hydrogen) atoms. The molecular weight excluding hydrogens is 354 g/mol. The van der Waals surface area contributed by atoms with Crippen LogP contribution < -0.4 is 4.72 Å². The number of aryl methyl sites for hydroxylation is 1. The average Bonchev–Trinajstić information content (AvgIpc) is 2.76. The molecule has 0 bridgehead atoms. The fourth-order valence-electron chi connectivity index (χ4n) is 1.47. The van der Waals surface area contributed by atoms with E-state index in [0.29, 0.717) is 9.50 Å². The maximum atomic E-state index is 12.1. The normalized spacial score (nSPS) is 11.7. The van der Waals surface area contributed by atoms with Gasteiger partial charge in [-0.25, -0.2) is 13.1 Å². The van der Waals surface area contributed by atoms with Gasteiger partial charge in [0.1, 0.15) is 0 Å². The topological polar surface area (TPSA) is 64.0 Å². The molecule has 0 saturated heterocycles. The van der Waals surface area contributed by atoms with E-state index in [0.717, 1.165) is 5.56 Å². The van der Waals surface area contributed by atoms with Crippen molar-refractivity contribution in [1.29, 1.82) is 0 Å². The summed E-state index contributed by atoms with van der Waals surface area (Å²) in [5.41, 5.74) is 0.791. The van der Waals surface area contributed by atoms with Gasteiger partial charge in [0.25, 0.3) is 0 Å². The molecule has 0 unspecified atom stereocenters. The summed E-state index contributed by atoms with van der Waals surface area (Å²) in [7, 11) is -1.79. The lowest BCUT2D eigenvalue weighted by atomic mass is 10.4. The lowest BCUT2D eigenvalue weighted by Gasteiger charge is -2.06. The van der Waals surface area contributed by atoms with E-state index in [1.165, 1.54) is 18.2 Å². The Bertz CT molecular complexity index is 700. The van der Waals surface area contributed by atoms with Crippen molar-refractivity contribution in [3.63, 3.8) is 0 Å². The second kappa shape index (κ2) is 5.62. The third-order valence-corrected chi connectivity index (χ3v) is 5.04. The molecule has 0 radical (unpaired) electrons. The maximum absolute atomic E-state index is 12.1. The molecule has 2 aromatic rings.